The Bertz CT molecular complexity index is 1030. The van der Waals surface area contributed by atoms with E-state index in [1.807, 2.05) is 25.1 Å². The van der Waals surface area contributed by atoms with Crippen molar-refractivity contribution in [1.29, 1.82) is 5.26 Å². The Morgan fingerprint density at radius 2 is 2.00 bits per heavy atom. The van der Waals surface area contributed by atoms with Gasteiger partial charge in [0.1, 0.15) is 11.6 Å². The lowest BCUT2D eigenvalue weighted by Gasteiger charge is -2.08. The van der Waals surface area contributed by atoms with Crippen LogP contribution < -0.4 is 10.6 Å². The number of carbonyl (C=O) groups excluding carboxylic acids is 1. The minimum atomic E-state index is -4.39. The highest BCUT2D eigenvalue weighted by atomic mass is 127. The molecule has 0 fully saturated rings. The van der Waals surface area contributed by atoms with Crippen LogP contribution in [-0.2, 0) is 14.9 Å². The van der Waals surface area contributed by atoms with Crippen LogP contribution >= 0.6 is 22.6 Å². The number of rotatable bonds is 5. The van der Waals surface area contributed by atoms with Crippen LogP contribution in [0.3, 0.4) is 0 Å². The molecule has 2 aromatic carbocycles. The molecule has 0 radical (unpaired) electrons. The Hall–Kier alpha value is -2.42. The maximum atomic E-state index is 12.2. The second-order valence-electron chi connectivity index (χ2n) is 5.23. The molecule has 0 saturated heterocycles. The van der Waals surface area contributed by atoms with Crippen LogP contribution in [0.4, 0.5) is 11.4 Å². The van der Waals surface area contributed by atoms with E-state index in [0.717, 1.165) is 20.9 Å². The molecular weight excluding hydrogens is 469 g/mol. The number of nitrogens with one attached hydrogen (secondary N) is 2. The Kier molecular flexibility index (Phi) is 6.36. The lowest BCUT2D eigenvalue weighted by Crippen LogP contribution is -2.15. The van der Waals surface area contributed by atoms with Gasteiger partial charge in [-0.3, -0.25) is 9.35 Å². The topological polar surface area (TPSA) is 119 Å². The molecular formula is C17H14IN3O4S. The van der Waals surface area contributed by atoms with E-state index in [4.69, 9.17) is 4.55 Å². The number of nitriles is 1. The molecule has 3 N–H and O–H groups in total. The number of amides is 1. The average Bonchev–Trinajstić information content (AvgIpc) is 2.56. The lowest BCUT2D eigenvalue weighted by molar-refractivity contribution is -0.112. The minimum absolute atomic E-state index is 0.136. The van der Waals surface area contributed by atoms with Crippen LogP contribution in [0.25, 0.3) is 0 Å². The van der Waals surface area contributed by atoms with Crippen LogP contribution in [0.2, 0.25) is 0 Å². The number of halogens is 1. The molecule has 0 bridgehead atoms. The zero-order chi connectivity index (χ0) is 19.3. The first-order chi connectivity index (χ1) is 12.2. The molecule has 0 aromatic heterocycles. The van der Waals surface area contributed by atoms with Gasteiger partial charge in [0, 0.05) is 21.1 Å². The Morgan fingerprint density at radius 3 is 2.62 bits per heavy atom. The van der Waals surface area contributed by atoms with Gasteiger partial charge in [-0.25, -0.2) is 0 Å². The largest absolute Gasteiger partial charge is 0.360 e. The number of nitrogens with zero attached hydrogens (tertiary/aromatic N) is 1. The summed E-state index contributed by atoms with van der Waals surface area (Å²) in [4.78, 5) is 11.9. The smallest absolute Gasteiger partial charge is 0.294 e. The summed E-state index contributed by atoms with van der Waals surface area (Å²) in [6.07, 6.45) is 1.27. The first kappa shape index (κ1) is 19.9. The molecule has 0 aliphatic rings. The van der Waals surface area contributed by atoms with Crippen molar-refractivity contribution in [3.05, 3.63) is 63.4 Å². The summed E-state index contributed by atoms with van der Waals surface area (Å²) >= 11 is 2.18. The summed E-state index contributed by atoms with van der Waals surface area (Å²) in [5, 5.41) is 14.5. The van der Waals surface area contributed by atoms with Crippen LogP contribution in [0.1, 0.15) is 5.56 Å². The predicted molar refractivity (Wildman–Crippen MR) is 106 cm³/mol. The summed E-state index contributed by atoms with van der Waals surface area (Å²) in [5.41, 5.74) is 1.64. The maximum absolute atomic E-state index is 12.2. The number of hydrogen-bond donors (Lipinski definition) is 3. The number of hydrogen-bond acceptors (Lipinski definition) is 5. The average molecular weight is 483 g/mol. The van der Waals surface area contributed by atoms with E-state index in [2.05, 4.69) is 33.2 Å². The normalized spacial score (nSPS) is 11.5. The van der Waals surface area contributed by atoms with Crippen molar-refractivity contribution in [2.24, 2.45) is 0 Å². The number of anilines is 2. The molecule has 1 amide bonds. The molecule has 0 heterocycles. The standard InChI is InChI=1S/C17H14IN3O4S/c1-11-7-13(18)5-6-16(11)20-10-12(9-19)17(22)21-14-3-2-4-15(8-14)26(23,24)25/h2-8,10,20H,1H3,(H,21,22)(H,23,24,25)/b12-10-. The van der Waals surface area contributed by atoms with Crippen molar-refractivity contribution in [3.63, 3.8) is 0 Å². The lowest BCUT2D eigenvalue weighted by atomic mass is 10.2. The fourth-order valence-electron chi connectivity index (χ4n) is 2.02. The monoisotopic (exact) mass is 483 g/mol. The van der Waals surface area contributed by atoms with Gasteiger partial charge in [-0.2, -0.15) is 13.7 Å². The SMILES string of the molecule is Cc1cc(I)ccc1N/C=C(/C#N)C(=O)Nc1cccc(S(=O)(=O)O)c1. The Balaban J connectivity index is 2.17. The highest BCUT2D eigenvalue weighted by Crippen LogP contribution is 2.19. The first-order valence-electron chi connectivity index (χ1n) is 7.22. The van der Waals surface area contributed by atoms with E-state index in [9.17, 15) is 18.5 Å². The zero-order valence-electron chi connectivity index (χ0n) is 13.5. The van der Waals surface area contributed by atoms with Gasteiger partial charge in [0.05, 0.1) is 4.90 Å². The third kappa shape index (κ3) is 5.29. The summed E-state index contributed by atoms with van der Waals surface area (Å²) < 4.78 is 32.4. The van der Waals surface area contributed by atoms with Crippen molar-refractivity contribution in [2.45, 2.75) is 11.8 Å². The van der Waals surface area contributed by atoms with Gasteiger partial charge in [-0.15, -0.1) is 0 Å². The highest BCUT2D eigenvalue weighted by molar-refractivity contribution is 14.1. The Morgan fingerprint density at radius 1 is 1.27 bits per heavy atom. The van der Waals surface area contributed by atoms with Gasteiger partial charge in [0.2, 0.25) is 0 Å². The zero-order valence-corrected chi connectivity index (χ0v) is 16.5. The summed E-state index contributed by atoms with van der Waals surface area (Å²) in [7, 11) is -4.39. The quantitative estimate of drug-likeness (QED) is 0.260. The molecule has 26 heavy (non-hydrogen) atoms. The number of carbonyl (C=O) groups is 1. The molecule has 2 aromatic rings. The first-order valence-corrected chi connectivity index (χ1v) is 9.74. The molecule has 0 aliphatic heterocycles. The molecule has 0 unspecified atom stereocenters. The summed E-state index contributed by atoms with van der Waals surface area (Å²) in [6, 6.07) is 12.5. The Labute approximate surface area is 164 Å². The van der Waals surface area contributed by atoms with E-state index < -0.39 is 16.0 Å². The fourth-order valence-corrected chi connectivity index (χ4v) is 3.19. The molecule has 0 aliphatic carbocycles. The third-order valence-electron chi connectivity index (χ3n) is 3.32. The molecule has 134 valence electrons. The predicted octanol–water partition coefficient (Wildman–Crippen LogP) is 3.30. The van der Waals surface area contributed by atoms with Crippen molar-refractivity contribution >= 4 is 50.0 Å². The van der Waals surface area contributed by atoms with Gasteiger partial charge in [0.15, 0.2) is 0 Å². The van der Waals surface area contributed by atoms with Crippen molar-refractivity contribution < 1.29 is 17.8 Å². The van der Waals surface area contributed by atoms with E-state index in [0.29, 0.717) is 0 Å². The van der Waals surface area contributed by atoms with Crippen LogP contribution in [0.5, 0.6) is 0 Å². The summed E-state index contributed by atoms with van der Waals surface area (Å²) in [6.45, 7) is 1.89. The van der Waals surface area contributed by atoms with Crippen molar-refractivity contribution in [2.75, 3.05) is 10.6 Å². The van der Waals surface area contributed by atoms with Crippen LogP contribution in [0.15, 0.2) is 59.1 Å². The summed E-state index contributed by atoms with van der Waals surface area (Å²) in [5.74, 6) is -0.712. The van der Waals surface area contributed by atoms with Gasteiger partial charge >= 0.3 is 0 Å². The van der Waals surface area contributed by atoms with E-state index in [1.54, 1.807) is 6.07 Å². The fraction of sp³-hybridized carbons (Fsp3) is 0.0588. The van der Waals surface area contributed by atoms with Crippen LogP contribution in [0, 0.1) is 21.8 Å². The van der Waals surface area contributed by atoms with Crippen molar-refractivity contribution in [3.8, 4) is 6.07 Å². The molecule has 0 atom stereocenters. The maximum Gasteiger partial charge on any atom is 0.294 e. The highest BCUT2D eigenvalue weighted by Gasteiger charge is 2.13. The van der Waals surface area contributed by atoms with Crippen LogP contribution in [-0.4, -0.2) is 18.9 Å². The van der Waals surface area contributed by atoms with E-state index in [1.165, 1.54) is 24.4 Å². The molecule has 2 rings (SSSR count). The molecule has 0 saturated carbocycles. The van der Waals surface area contributed by atoms with Gasteiger partial charge < -0.3 is 10.6 Å². The van der Waals surface area contributed by atoms with Gasteiger partial charge in [-0.1, -0.05) is 6.07 Å². The molecule has 0 spiro atoms. The van der Waals surface area contributed by atoms with Gasteiger partial charge in [0.25, 0.3) is 16.0 Å². The number of benzene rings is 2. The van der Waals surface area contributed by atoms with E-state index in [-0.39, 0.29) is 16.2 Å². The van der Waals surface area contributed by atoms with Crippen molar-refractivity contribution in [1.82, 2.24) is 0 Å². The van der Waals surface area contributed by atoms with Gasteiger partial charge in [-0.05, 0) is 71.5 Å². The molecule has 7 nitrogen and oxygen atoms in total. The third-order valence-corrected chi connectivity index (χ3v) is 4.84. The molecule has 9 heteroatoms. The number of aryl methyl sites for hydroxylation is 1. The minimum Gasteiger partial charge on any atom is -0.360 e. The second kappa shape index (κ2) is 8.31. The van der Waals surface area contributed by atoms with E-state index >= 15 is 0 Å². The second-order valence-corrected chi connectivity index (χ2v) is 7.90.